The maximum Gasteiger partial charge on any atom is 0.258 e. The molecule has 0 saturated heterocycles. The molecule has 168 valence electrons. The molecule has 0 heterocycles. The van der Waals surface area contributed by atoms with Gasteiger partial charge in [0.25, 0.3) is 5.91 Å². The van der Waals surface area contributed by atoms with Crippen LogP contribution in [-0.2, 0) is 14.8 Å². The highest BCUT2D eigenvalue weighted by Crippen LogP contribution is 2.25. The Morgan fingerprint density at radius 1 is 1.19 bits per heavy atom. The van der Waals surface area contributed by atoms with Crippen molar-refractivity contribution >= 4 is 38.1 Å². The van der Waals surface area contributed by atoms with Crippen molar-refractivity contribution in [3.8, 4) is 5.75 Å². The fourth-order valence-electron chi connectivity index (χ4n) is 2.77. The third-order valence-electron chi connectivity index (χ3n) is 4.30. The molecule has 2 rings (SSSR count). The molecule has 0 spiro atoms. The molecule has 7 nitrogen and oxygen atoms in total. The van der Waals surface area contributed by atoms with Gasteiger partial charge in [0.2, 0.25) is 10.0 Å². The lowest BCUT2D eigenvalue weighted by molar-refractivity contribution is -0.123. The largest absolute Gasteiger partial charge is 0.493 e. The lowest BCUT2D eigenvalue weighted by Crippen LogP contribution is -2.46. The van der Waals surface area contributed by atoms with E-state index in [2.05, 4.69) is 31.2 Å². The average Bonchev–Trinajstić information content (AvgIpc) is 2.69. The van der Waals surface area contributed by atoms with Gasteiger partial charge in [-0.1, -0.05) is 31.5 Å². The van der Waals surface area contributed by atoms with E-state index in [9.17, 15) is 13.2 Å². The monoisotopic (exact) mass is 509 g/mol. The molecule has 1 atom stereocenters. The Morgan fingerprint density at radius 2 is 1.87 bits per heavy atom. The molecule has 2 aromatic carbocycles. The molecule has 0 aliphatic heterocycles. The zero-order chi connectivity index (χ0) is 23.0. The van der Waals surface area contributed by atoms with E-state index in [1.165, 1.54) is 18.3 Å². The van der Waals surface area contributed by atoms with Gasteiger partial charge in [-0.3, -0.25) is 4.79 Å². The van der Waals surface area contributed by atoms with Crippen LogP contribution >= 0.6 is 15.9 Å². The van der Waals surface area contributed by atoms with Crippen molar-refractivity contribution in [2.45, 2.75) is 45.1 Å². The summed E-state index contributed by atoms with van der Waals surface area (Å²) < 4.78 is 34.2. The summed E-state index contributed by atoms with van der Waals surface area (Å²) in [5.74, 6) is 0.291. The van der Waals surface area contributed by atoms with Crippen LogP contribution in [0.1, 0.15) is 38.3 Å². The van der Waals surface area contributed by atoms with E-state index in [1.54, 1.807) is 24.3 Å². The Bertz CT molecular complexity index is 1020. The molecule has 0 aliphatic carbocycles. The molecule has 0 radical (unpaired) electrons. The van der Waals surface area contributed by atoms with Gasteiger partial charge in [0.15, 0.2) is 0 Å². The molecule has 9 heteroatoms. The number of hydrogen-bond acceptors (Lipinski definition) is 5. The smallest absolute Gasteiger partial charge is 0.258 e. The normalized spacial score (nSPS) is 12.8. The average molecular weight is 510 g/mol. The third-order valence-corrected chi connectivity index (χ3v) is 6.40. The number of nitrogens with zero attached hydrogens (tertiary/aromatic N) is 1. The highest BCUT2D eigenvalue weighted by atomic mass is 79.9. The summed E-state index contributed by atoms with van der Waals surface area (Å²) in [4.78, 5) is 12.8. The molecule has 0 fully saturated rings. The van der Waals surface area contributed by atoms with Crippen molar-refractivity contribution in [1.82, 2.24) is 10.1 Å². The fourth-order valence-corrected chi connectivity index (χ4v) is 4.49. The number of amides is 1. The fraction of sp³-hybridized carbons (Fsp3) is 0.364. The number of carbonyl (C=O) groups excluding carboxylic acids is 1. The highest BCUT2D eigenvalue weighted by Gasteiger charge is 2.26. The topological polar surface area (TPSA) is 96.9 Å². The summed E-state index contributed by atoms with van der Waals surface area (Å²) in [5.41, 5.74) is 4.13. The van der Waals surface area contributed by atoms with Crippen LogP contribution < -0.4 is 14.9 Å². The van der Waals surface area contributed by atoms with Gasteiger partial charge in [-0.2, -0.15) is 9.82 Å². The van der Waals surface area contributed by atoms with E-state index in [1.807, 2.05) is 33.8 Å². The van der Waals surface area contributed by atoms with E-state index in [0.717, 1.165) is 15.6 Å². The molecule has 0 unspecified atom stereocenters. The van der Waals surface area contributed by atoms with Crippen molar-refractivity contribution < 1.29 is 17.9 Å². The Balaban J connectivity index is 2.09. The van der Waals surface area contributed by atoms with Gasteiger partial charge in [0, 0.05) is 0 Å². The van der Waals surface area contributed by atoms with Crippen molar-refractivity contribution in [3.63, 3.8) is 0 Å². The minimum atomic E-state index is -3.84. The van der Waals surface area contributed by atoms with Crippen LogP contribution in [0.3, 0.4) is 0 Å². The maximum atomic E-state index is 12.7. The Morgan fingerprint density at radius 3 is 2.45 bits per heavy atom. The number of benzene rings is 2. The minimum absolute atomic E-state index is 0.0995. The number of ether oxygens (including phenoxy) is 1. The van der Waals surface area contributed by atoms with Crippen LogP contribution in [-0.4, -0.2) is 33.2 Å². The molecule has 2 aromatic rings. The quantitative estimate of drug-likeness (QED) is 0.373. The number of nitrogens with one attached hydrogen (secondary N) is 2. The maximum absolute atomic E-state index is 12.7. The summed E-state index contributed by atoms with van der Waals surface area (Å²) in [6.07, 6.45) is 1.82. The van der Waals surface area contributed by atoms with Crippen LogP contribution in [0.2, 0.25) is 0 Å². The van der Waals surface area contributed by atoms with E-state index in [0.29, 0.717) is 18.8 Å². The first-order chi connectivity index (χ1) is 14.6. The minimum Gasteiger partial charge on any atom is -0.493 e. The zero-order valence-electron chi connectivity index (χ0n) is 18.1. The number of aryl methyl sites for hydroxylation is 1. The van der Waals surface area contributed by atoms with Gasteiger partial charge in [0.1, 0.15) is 11.8 Å². The molecule has 0 aliphatic rings. The Labute approximate surface area is 192 Å². The summed E-state index contributed by atoms with van der Waals surface area (Å²) in [7, 11) is -3.84. The lowest BCUT2D eigenvalue weighted by atomic mass is 10.0. The second kappa shape index (κ2) is 11.4. The van der Waals surface area contributed by atoms with Crippen molar-refractivity contribution in [1.29, 1.82) is 0 Å². The predicted molar refractivity (Wildman–Crippen MR) is 126 cm³/mol. The van der Waals surface area contributed by atoms with Crippen molar-refractivity contribution in [2.24, 2.45) is 11.0 Å². The van der Waals surface area contributed by atoms with Gasteiger partial charge < -0.3 is 4.74 Å². The number of rotatable bonds is 10. The summed E-state index contributed by atoms with van der Waals surface area (Å²) >= 11 is 3.43. The number of halogens is 1. The molecule has 0 saturated carbocycles. The van der Waals surface area contributed by atoms with Crippen LogP contribution in [0.15, 0.2) is 56.9 Å². The van der Waals surface area contributed by atoms with E-state index in [4.69, 9.17) is 4.74 Å². The van der Waals surface area contributed by atoms with E-state index in [-0.39, 0.29) is 10.8 Å². The molecule has 1 amide bonds. The lowest BCUT2D eigenvalue weighted by Gasteiger charge is -2.19. The molecular formula is C22H28BrN3O4S. The molecule has 31 heavy (non-hydrogen) atoms. The summed E-state index contributed by atoms with van der Waals surface area (Å²) in [5, 5.41) is 3.98. The van der Waals surface area contributed by atoms with Gasteiger partial charge >= 0.3 is 0 Å². The second-order valence-electron chi connectivity index (χ2n) is 7.47. The molecule has 2 N–H and O–H groups in total. The molecular weight excluding hydrogens is 482 g/mol. The third kappa shape index (κ3) is 7.75. The molecule has 0 aromatic heterocycles. The number of carbonyl (C=O) groups is 1. The van der Waals surface area contributed by atoms with Crippen LogP contribution in [0.5, 0.6) is 5.75 Å². The van der Waals surface area contributed by atoms with Crippen LogP contribution in [0.25, 0.3) is 0 Å². The summed E-state index contributed by atoms with van der Waals surface area (Å²) in [6.45, 7) is 8.16. The van der Waals surface area contributed by atoms with Crippen LogP contribution in [0, 0.1) is 12.8 Å². The first-order valence-corrected chi connectivity index (χ1v) is 12.2. The van der Waals surface area contributed by atoms with Gasteiger partial charge in [-0.15, -0.1) is 0 Å². The summed E-state index contributed by atoms with van der Waals surface area (Å²) in [6, 6.07) is 10.9. The standard InChI is InChI=1S/C22H28BrN3O4S/c1-5-30-21-11-8-17(13-19(21)23)14-24-25-22(27)20(12-15(2)3)26-31(28,29)18-9-6-16(4)7-10-18/h6-11,13-15,20,26H,5,12H2,1-4H3,(H,25,27)/b24-14-/t20-/m0/s1. The number of sulfonamides is 1. The first kappa shape index (κ1) is 25.0. The van der Waals surface area contributed by atoms with Crippen molar-refractivity contribution in [3.05, 3.63) is 58.1 Å². The van der Waals surface area contributed by atoms with Crippen LogP contribution in [0.4, 0.5) is 0 Å². The van der Waals surface area contributed by atoms with E-state index < -0.39 is 22.0 Å². The Kier molecular flexibility index (Phi) is 9.21. The van der Waals surface area contributed by atoms with Gasteiger partial charge in [-0.25, -0.2) is 13.8 Å². The Hall–Kier alpha value is -2.23. The van der Waals surface area contributed by atoms with Crippen molar-refractivity contribution in [2.75, 3.05) is 6.61 Å². The zero-order valence-corrected chi connectivity index (χ0v) is 20.5. The molecule has 0 bridgehead atoms. The SMILES string of the molecule is CCOc1ccc(/C=N\NC(=O)[C@H](CC(C)C)NS(=O)(=O)c2ccc(C)cc2)cc1Br. The van der Waals surface area contributed by atoms with Gasteiger partial charge in [0.05, 0.1) is 22.2 Å². The first-order valence-electron chi connectivity index (χ1n) is 9.96. The second-order valence-corrected chi connectivity index (χ2v) is 10.0. The number of hydrogen-bond donors (Lipinski definition) is 2. The van der Waals surface area contributed by atoms with Gasteiger partial charge in [-0.05, 0) is 78.0 Å². The predicted octanol–water partition coefficient (Wildman–Crippen LogP) is 4.00. The number of hydrazone groups is 1. The highest BCUT2D eigenvalue weighted by molar-refractivity contribution is 9.10. The van der Waals surface area contributed by atoms with E-state index >= 15 is 0 Å².